The quantitative estimate of drug-likeness (QED) is 0.648. The first-order valence-corrected chi connectivity index (χ1v) is 8.40. The molecule has 1 heterocycles. The molecule has 0 fully saturated rings. The van der Waals surface area contributed by atoms with E-state index in [0.717, 1.165) is 29.4 Å². The molecular weight excluding hydrogens is 280 g/mol. The average molecular weight is 302 g/mol. The van der Waals surface area contributed by atoms with E-state index >= 15 is 0 Å². The molecule has 0 aliphatic carbocycles. The molecule has 0 aliphatic rings. The van der Waals surface area contributed by atoms with Crippen LogP contribution in [0.1, 0.15) is 17.7 Å². The molecule has 6 heteroatoms. The predicted molar refractivity (Wildman–Crippen MR) is 82.6 cm³/mol. The number of methoxy groups -OCH3 is 1. The van der Waals surface area contributed by atoms with E-state index in [0.29, 0.717) is 13.0 Å². The molecule has 0 saturated heterocycles. The minimum atomic E-state index is -0.408. The SMILES string of the molecule is COCCCSCCC(N)C(=O)NCc1cccs1. The molecular formula is C13H22N2O2S2. The average Bonchev–Trinajstić information content (AvgIpc) is 2.93. The first-order valence-electron chi connectivity index (χ1n) is 6.36. The number of thioether (sulfide) groups is 1. The van der Waals surface area contributed by atoms with Gasteiger partial charge in [0.15, 0.2) is 0 Å². The van der Waals surface area contributed by atoms with Crippen molar-refractivity contribution in [1.82, 2.24) is 5.32 Å². The van der Waals surface area contributed by atoms with Gasteiger partial charge >= 0.3 is 0 Å². The second kappa shape index (κ2) is 10.3. The molecule has 0 spiro atoms. The third-order valence-electron chi connectivity index (χ3n) is 2.56. The summed E-state index contributed by atoms with van der Waals surface area (Å²) in [6.45, 7) is 1.37. The Kier molecular flexibility index (Phi) is 8.90. The van der Waals surface area contributed by atoms with E-state index in [2.05, 4.69) is 5.32 Å². The Morgan fingerprint density at radius 2 is 2.42 bits per heavy atom. The van der Waals surface area contributed by atoms with Crippen LogP contribution in [-0.2, 0) is 16.1 Å². The van der Waals surface area contributed by atoms with Crippen molar-refractivity contribution >= 4 is 29.0 Å². The van der Waals surface area contributed by atoms with Crippen LogP contribution in [0, 0.1) is 0 Å². The molecule has 1 amide bonds. The van der Waals surface area contributed by atoms with Gasteiger partial charge in [0, 0.05) is 18.6 Å². The second-order valence-corrected chi connectivity index (χ2v) is 6.41. The summed E-state index contributed by atoms with van der Waals surface area (Å²) in [7, 11) is 1.71. The van der Waals surface area contributed by atoms with Crippen molar-refractivity contribution < 1.29 is 9.53 Å². The maximum absolute atomic E-state index is 11.7. The molecule has 3 N–H and O–H groups in total. The van der Waals surface area contributed by atoms with Crippen molar-refractivity contribution in [2.45, 2.75) is 25.4 Å². The molecule has 0 aromatic carbocycles. The Morgan fingerprint density at radius 1 is 1.58 bits per heavy atom. The van der Waals surface area contributed by atoms with Crippen molar-refractivity contribution in [3.63, 3.8) is 0 Å². The fourth-order valence-corrected chi connectivity index (χ4v) is 3.06. The van der Waals surface area contributed by atoms with Crippen LogP contribution in [0.15, 0.2) is 17.5 Å². The van der Waals surface area contributed by atoms with E-state index in [4.69, 9.17) is 10.5 Å². The van der Waals surface area contributed by atoms with Crippen molar-refractivity contribution in [2.24, 2.45) is 5.73 Å². The van der Waals surface area contributed by atoms with Crippen LogP contribution in [0.3, 0.4) is 0 Å². The molecule has 1 aromatic rings. The lowest BCUT2D eigenvalue weighted by atomic mass is 10.2. The van der Waals surface area contributed by atoms with Gasteiger partial charge in [-0.05, 0) is 35.8 Å². The van der Waals surface area contributed by atoms with E-state index < -0.39 is 6.04 Å². The predicted octanol–water partition coefficient (Wildman–Crippen LogP) is 1.85. The molecule has 1 aromatic heterocycles. The zero-order valence-corrected chi connectivity index (χ0v) is 12.9. The number of hydrogen-bond acceptors (Lipinski definition) is 5. The maximum Gasteiger partial charge on any atom is 0.237 e. The molecule has 0 saturated carbocycles. The number of rotatable bonds is 10. The van der Waals surface area contributed by atoms with Crippen molar-refractivity contribution in [3.05, 3.63) is 22.4 Å². The third-order valence-corrected chi connectivity index (χ3v) is 4.54. The van der Waals surface area contributed by atoms with Crippen LogP contribution in [0.2, 0.25) is 0 Å². The lowest BCUT2D eigenvalue weighted by Crippen LogP contribution is -2.40. The summed E-state index contributed by atoms with van der Waals surface area (Å²) in [5.74, 6) is 1.90. The van der Waals surface area contributed by atoms with Gasteiger partial charge in [-0.15, -0.1) is 11.3 Å². The molecule has 0 bridgehead atoms. The van der Waals surface area contributed by atoms with Crippen LogP contribution in [-0.4, -0.2) is 37.2 Å². The van der Waals surface area contributed by atoms with Gasteiger partial charge in [0.2, 0.25) is 5.91 Å². The Hall–Kier alpha value is -0.560. The Morgan fingerprint density at radius 3 is 3.11 bits per heavy atom. The number of amides is 1. The molecule has 0 radical (unpaired) electrons. The van der Waals surface area contributed by atoms with E-state index in [9.17, 15) is 4.79 Å². The zero-order chi connectivity index (χ0) is 13.9. The van der Waals surface area contributed by atoms with Crippen LogP contribution in [0.25, 0.3) is 0 Å². The smallest absolute Gasteiger partial charge is 0.237 e. The molecule has 1 unspecified atom stereocenters. The molecule has 108 valence electrons. The summed E-state index contributed by atoms with van der Waals surface area (Å²) in [5.41, 5.74) is 5.85. The summed E-state index contributed by atoms with van der Waals surface area (Å²) in [4.78, 5) is 12.9. The van der Waals surface area contributed by atoms with Gasteiger partial charge < -0.3 is 15.8 Å². The summed E-state index contributed by atoms with van der Waals surface area (Å²) < 4.78 is 4.97. The summed E-state index contributed by atoms with van der Waals surface area (Å²) >= 11 is 3.45. The first kappa shape index (κ1) is 16.5. The highest BCUT2D eigenvalue weighted by atomic mass is 32.2. The van der Waals surface area contributed by atoms with Gasteiger partial charge in [0.25, 0.3) is 0 Å². The van der Waals surface area contributed by atoms with Crippen molar-refractivity contribution in [3.8, 4) is 0 Å². The molecule has 4 nitrogen and oxygen atoms in total. The largest absolute Gasteiger partial charge is 0.385 e. The van der Waals surface area contributed by atoms with Crippen LogP contribution < -0.4 is 11.1 Å². The molecule has 19 heavy (non-hydrogen) atoms. The summed E-state index contributed by atoms with van der Waals surface area (Å²) in [5, 5.41) is 4.86. The Labute approximate surface area is 123 Å². The summed E-state index contributed by atoms with van der Waals surface area (Å²) in [6.07, 6.45) is 1.76. The summed E-state index contributed by atoms with van der Waals surface area (Å²) in [6, 6.07) is 3.57. The number of carbonyl (C=O) groups excluding carboxylic acids is 1. The van der Waals surface area contributed by atoms with E-state index in [-0.39, 0.29) is 5.91 Å². The standard InChI is InChI=1S/C13H22N2O2S2/c1-17-6-3-7-18-9-5-12(14)13(16)15-10-11-4-2-8-19-11/h2,4,8,12H,3,5-7,9-10,14H2,1H3,(H,15,16). The first-order chi connectivity index (χ1) is 9.24. The maximum atomic E-state index is 11.7. The van der Waals surface area contributed by atoms with Gasteiger partial charge in [-0.1, -0.05) is 6.07 Å². The molecule has 1 rings (SSSR count). The number of hydrogen-bond donors (Lipinski definition) is 2. The lowest BCUT2D eigenvalue weighted by molar-refractivity contribution is -0.122. The van der Waals surface area contributed by atoms with Crippen LogP contribution in [0.5, 0.6) is 0 Å². The fourth-order valence-electron chi connectivity index (χ4n) is 1.47. The third kappa shape index (κ3) is 7.57. The zero-order valence-electron chi connectivity index (χ0n) is 11.3. The topological polar surface area (TPSA) is 64.3 Å². The highest BCUT2D eigenvalue weighted by Gasteiger charge is 2.12. The number of carbonyl (C=O) groups is 1. The number of ether oxygens (including phenoxy) is 1. The van der Waals surface area contributed by atoms with E-state index in [1.165, 1.54) is 0 Å². The Bertz CT molecular complexity index is 344. The van der Waals surface area contributed by atoms with Gasteiger partial charge in [-0.3, -0.25) is 4.79 Å². The van der Waals surface area contributed by atoms with Gasteiger partial charge in [0.1, 0.15) is 0 Å². The highest BCUT2D eigenvalue weighted by Crippen LogP contribution is 2.08. The molecule has 0 aliphatic heterocycles. The Balaban J connectivity index is 2.04. The fraction of sp³-hybridized carbons (Fsp3) is 0.615. The number of nitrogens with one attached hydrogen (secondary N) is 1. The highest BCUT2D eigenvalue weighted by molar-refractivity contribution is 7.99. The minimum absolute atomic E-state index is 0.0640. The van der Waals surface area contributed by atoms with Gasteiger partial charge in [-0.25, -0.2) is 0 Å². The molecule has 1 atom stereocenters. The van der Waals surface area contributed by atoms with Gasteiger partial charge in [0.05, 0.1) is 12.6 Å². The minimum Gasteiger partial charge on any atom is -0.385 e. The van der Waals surface area contributed by atoms with Crippen molar-refractivity contribution in [1.29, 1.82) is 0 Å². The second-order valence-electron chi connectivity index (χ2n) is 4.15. The normalized spacial score (nSPS) is 12.3. The van der Waals surface area contributed by atoms with Crippen LogP contribution in [0.4, 0.5) is 0 Å². The lowest BCUT2D eigenvalue weighted by Gasteiger charge is -2.11. The van der Waals surface area contributed by atoms with Gasteiger partial charge in [-0.2, -0.15) is 11.8 Å². The van der Waals surface area contributed by atoms with E-state index in [1.807, 2.05) is 29.3 Å². The van der Waals surface area contributed by atoms with Crippen molar-refractivity contribution in [2.75, 3.05) is 25.2 Å². The number of nitrogens with two attached hydrogens (primary N) is 1. The monoisotopic (exact) mass is 302 g/mol. The van der Waals surface area contributed by atoms with E-state index in [1.54, 1.807) is 18.4 Å². The van der Waals surface area contributed by atoms with Crippen LogP contribution >= 0.6 is 23.1 Å². The number of thiophene rings is 1.